The van der Waals surface area contributed by atoms with Gasteiger partial charge in [-0.2, -0.15) is 0 Å². The molecule has 1 amide bonds. The van der Waals surface area contributed by atoms with Crippen LogP contribution in [0.2, 0.25) is 0 Å². The van der Waals surface area contributed by atoms with Gasteiger partial charge in [0.05, 0.1) is 13.2 Å². The van der Waals surface area contributed by atoms with Gasteiger partial charge in [0.2, 0.25) is 5.91 Å². The average Bonchev–Trinajstić information content (AvgIpc) is 2.78. The van der Waals surface area contributed by atoms with Crippen LogP contribution in [0.15, 0.2) is 59.8 Å². The van der Waals surface area contributed by atoms with E-state index in [1.807, 2.05) is 55.5 Å². The molecule has 0 bridgehead atoms. The number of hydrogen-bond donors (Lipinski definition) is 1. The van der Waals surface area contributed by atoms with Crippen molar-refractivity contribution in [3.05, 3.63) is 70.9 Å². The van der Waals surface area contributed by atoms with Gasteiger partial charge in [-0.15, -0.1) is 0 Å². The van der Waals surface area contributed by atoms with Crippen molar-refractivity contribution in [2.45, 2.75) is 51.4 Å². The summed E-state index contributed by atoms with van der Waals surface area (Å²) in [5.41, 5.74) is 3.51. The maximum Gasteiger partial charge on any atom is 0.225 e. The second kappa shape index (κ2) is 9.38. The number of hydrogen-bond acceptors (Lipinski definition) is 4. The summed E-state index contributed by atoms with van der Waals surface area (Å²) in [4.78, 5) is 25.9. The maximum atomic E-state index is 13.3. The number of amides is 1. The van der Waals surface area contributed by atoms with Crippen LogP contribution < -0.4 is 14.8 Å². The summed E-state index contributed by atoms with van der Waals surface area (Å²) < 4.78 is 11.5. The smallest absolute Gasteiger partial charge is 0.225 e. The van der Waals surface area contributed by atoms with E-state index in [2.05, 4.69) is 12.2 Å². The molecule has 2 atom stereocenters. The number of carbonyl (C=O) groups is 2. The fourth-order valence-electron chi connectivity index (χ4n) is 4.57. The predicted molar refractivity (Wildman–Crippen MR) is 119 cm³/mol. The molecular weight excluding hydrogens is 390 g/mol. The van der Waals surface area contributed by atoms with Gasteiger partial charge in [-0.1, -0.05) is 37.3 Å². The zero-order chi connectivity index (χ0) is 21.8. The minimum Gasteiger partial charge on any atom is -0.494 e. The van der Waals surface area contributed by atoms with Crippen LogP contribution >= 0.6 is 0 Å². The van der Waals surface area contributed by atoms with Crippen LogP contribution in [0, 0.1) is 0 Å². The van der Waals surface area contributed by atoms with Crippen LogP contribution in [-0.4, -0.2) is 24.9 Å². The molecule has 0 radical (unpaired) electrons. The number of rotatable bonds is 7. The lowest BCUT2D eigenvalue weighted by Gasteiger charge is -2.35. The number of ether oxygens (including phenoxy) is 2. The molecule has 5 heteroatoms. The summed E-state index contributed by atoms with van der Waals surface area (Å²) in [6.45, 7) is 5.24. The van der Waals surface area contributed by atoms with Crippen molar-refractivity contribution in [1.29, 1.82) is 0 Å². The molecule has 5 nitrogen and oxygen atoms in total. The molecule has 2 aromatic carbocycles. The zero-order valence-electron chi connectivity index (χ0n) is 18.1. The zero-order valence-corrected chi connectivity index (χ0v) is 18.1. The third kappa shape index (κ3) is 4.50. The first-order valence-electron chi connectivity index (χ1n) is 11.1. The standard InChI is InChI=1S/C26H29NO4/c1-3-13-31-19-11-9-17(10-12-19)18-14-22-26(23(28)15-18)21(16-25(29)27-22)20-7-5-6-8-24(20)30-4-2/h5-12,18,21H,3-4,13-16H2,1-2H3,(H,27,29). The summed E-state index contributed by atoms with van der Waals surface area (Å²) in [6, 6.07) is 15.7. The molecule has 2 aliphatic rings. The van der Waals surface area contributed by atoms with Crippen LogP contribution in [0.4, 0.5) is 0 Å². The van der Waals surface area contributed by atoms with E-state index >= 15 is 0 Å². The van der Waals surface area contributed by atoms with Gasteiger partial charge in [0.1, 0.15) is 11.5 Å². The third-order valence-corrected chi connectivity index (χ3v) is 5.95. The highest BCUT2D eigenvalue weighted by atomic mass is 16.5. The summed E-state index contributed by atoms with van der Waals surface area (Å²) in [6.07, 6.45) is 2.32. The molecule has 0 saturated carbocycles. The van der Waals surface area contributed by atoms with E-state index in [1.165, 1.54) is 0 Å². The molecule has 0 spiro atoms. The van der Waals surface area contributed by atoms with Gasteiger partial charge in [-0.25, -0.2) is 0 Å². The maximum absolute atomic E-state index is 13.3. The number of ketones is 1. The lowest BCUT2D eigenvalue weighted by molar-refractivity contribution is -0.122. The van der Waals surface area contributed by atoms with Crippen LogP contribution in [-0.2, 0) is 9.59 Å². The van der Waals surface area contributed by atoms with Gasteiger partial charge < -0.3 is 14.8 Å². The van der Waals surface area contributed by atoms with Crippen LogP contribution in [0.3, 0.4) is 0 Å². The lowest BCUT2D eigenvalue weighted by atomic mass is 9.73. The Morgan fingerprint density at radius 2 is 1.71 bits per heavy atom. The molecule has 1 aliphatic carbocycles. The molecule has 1 heterocycles. The number of allylic oxidation sites excluding steroid dienone is 2. The Balaban J connectivity index is 1.62. The molecule has 0 aromatic heterocycles. The second-order valence-electron chi connectivity index (χ2n) is 8.11. The molecule has 0 fully saturated rings. The van der Waals surface area contributed by atoms with E-state index in [0.717, 1.165) is 40.3 Å². The van der Waals surface area contributed by atoms with Crippen molar-refractivity contribution in [3.8, 4) is 11.5 Å². The Morgan fingerprint density at radius 1 is 0.935 bits per heavy atom. The van der Waals surface area contributed by atoms with Gasteiger partial charge in [0.25, 0.3) is 0 Å². The first kappa shape index (κ1) is 21.2. The van der Waals surface area contributed by atoms with Gasteiger partial charge in [-0.05, 0) is 49.4 Å². The van der Waals surface area contributed by atoms with Crippen molar-refractivity contribution in [1.82, 2.24) is 5.32 Å². The first-order valence-corrected chi connectivity index (χ1v) is 11.1. The largest absolute Gasteiger partial charge is 0.494 e. The Kier molecular flexibility index (Phi) is 6.40. The highest BCUT2D eigenvalue weighted by Gasteiger charge is 2.39. The van der Waals surface area contributed by atoms with E-state index in [0.29, 0.717) is 26.1 Å². The van der Waals surface area contributed by atoms with Gasteiger partial charge in [0.15, 0.2) is 5.78 Å². The summed E-state index contributed by atoms with van der Waals surface area (Å²) >= 11 is 0. The van der Waals surface area contributed by atoms with Gasteiger partial charge in [-0.3, -0.25) is 9.59 Å². The third-order valence-electron chi connectivity index (χ3n) is 5.95. The molecule has 31 heavy (non-hydrogen) atoms. The van der Waals surface area contributed by atoms with E-state index in [9.17, 15) is 9.59 Å². The Bertz CT molecular complexity index is 993. The predicted octanol–water partition coefficient (Wildman–Crippen LogP) is 4.88. The highest BCUT2D eigenvalue weighted by molar-refractivity contribution is 6.02. The number of para-hydroxylation sites is 1. The quantitative estimate of drug-likeness (QED) is 0.695. The molecular formula is C26H29NO4. The normalized spacial score (nSPS) is 20.8. The highest BCUT2D eigenvalue weighted by Crippen LogP contribution is 2.44. The number of benzene rings is 2. The van der Waals surface area contributed by atoms with Crippen molar-refractivity contribution >= 4 is 11.7 Å². The molecule has 162 valence electrons. The molecule has 4 rings (SSSR count). The van der Waals surface area contributed by atoms with Crippen molar-refractivity contribution in [2.24, 2.45) is 0 Å². The molecule has 1 aliphatic heterocycles. The van der Waals surface area contributed by atoms with Gasteiger partial charge >= 0.3 is 0 Å². The van der Waals surface area contributed by atoms with E-state index < -0.39 is 0 Å². The number of Topliss-reactive ketones (excluding diaryl/α,β-unsaturated/α-hetero) is 1. The van der Waals surface area contributed by atoms with Crippen molar-refractivity contribution < 1.29 is 19.1 Å². The average molecular weight is 420 g/mol. The summed E-state index contributed by atoms with van der Waals surface area (Å²) in [5.74, 6) is 1.43. The van der Waals surface area contributed by atoms with Crippen LogP contribution in [0.1, 0.15) is 62.5 Å². The first-order chi connectivity index (χ1) is 15.1. The fourth-order valence-corrected chi connectivity index (χ4v) is 4.57. The summed E-state index contributed by atoms with van der Waals surface area (Å²) in [7, 11) is 0. The van der Waals surface area contributed by atoms with E-state index in [1.54, 1.807) is 0 Å². The Morgan fingerprint density at radius 3 is 2.45 bits per heavy atom. The Labute approximate surface area is 183 Å². The second-order valence-corrected chi connectivity index (χ2v) is 8.11. The van der Waals surface area contributed by atoms with Crippen molar-refractivity contribution in [2.75, 3.05) is 13.2 Å². The SMILES string of the molecule is CCCOc1ccc(C2CC(=O)C3=C(C2)NC(=O)CC3c2ccccc2OCC)cc1. The summed E-state index contributed by atoms with van der Waals surface area (Å²) in [5, 5.41) is 2.99. The molecule has 2 unspecified atom stereocenters. The van der Waals surface area contributed by atoms with E-state index in [4.69, 9.17) is 9.47 Å². The number of nitrogens with one attached hydrogen (secondary N) is 1. The van der Waals surface area contributed by atoms with Crippen LogP contribution in [0.25, 0.3) is 0 Å². The molecule has 1 N–H and O–H groups in total. The topological polar surface area (TPSA) is 64.6 Å². The Hall–Kier alpha value is -3.08. The van der Waals surface area contributed by atoms with Gasteiger partial charge in [0, 0.05) is 35.6 Å². The monoisotopic (exact) mass is 419 g/mol. The molecule has 2 aromatic rings. The minimum absolute atomic E-state index is 0.0488. The lowest BCUT2D eigenvalue weighted by Crippen LogP contribution is -2.38. The van der Waals surface area contributed by atoms with Crippen molar-refractivity contribution in [3.63, 3.8) is 0 Å². The van der Waals surface area contributed by atoms with E-state index in [-0.39, 0.29) is 29.9 Å². The minimum atomic E-state index is -0.259. The molecule has 0 saturated heterocycles. The number of carbonyl (C=O) groups excluding carboxylic acids is 2. The fraction of sp³-hybridized carbons (Fsp3) is 0.385. The van der Waals surface area contributed by atoms with Crippen LogP contribution in [0.5, 0.6) is 11.5 Å².